The molecule has 11 nitrogen and oxygen atoms in total. The number of hydrogen-bond acceptors (Lipinski definition) is 8. The zero-order valence-corrected chi connectivity index (χ0v) is 24.2. The number of sulfonamides is 1. The van der Waals surface area contributed by atoms with Gasteiger partial charge in [-0.3, -0.25) is 19.7 Å². The Kier molecular flexibility index (Phi) is 10.2. The van der Waals surface area contributed by atoms with E-state index in [9.17, 15) is 27.6 Å². The Balaban J connectivity index is 1.87. The largest absolute Gasteiger partial charge is 0.450 e. The summed E-state index contributed by atoms with van der Waals surface area (Å²) in [7, 11) is -3.70. The fourth-order valence-electron chi connectivity index (χ4n) is 4.21. The molecule has 0 atom stereocenters. The maximum absolute atomic E-state index is 13.1. The molecule has 3 rings (SSSR count). The van der Waals surface area contributed by atoms with Crippen molar-refractivity contribution in [3.8, 4) is 0 Å². The monoisotopic (exact) mass is 578 g/mol. The zero-order chi connectivity index (χ0) is 28.7. The molecular formula is C26H34N4O7S2. The summed E-state index contributed by atoms with van der Waals surface area (Å²) >= 11 is 1.16. The molecule has 1 aliphatic heterocycles. The summed E-state index contributed by atoms with van der Waals surface area (Å²) in [6.45, 7) is 8.35. The predicted molar refractivity (Wildman–Crippen MR) is 147 cm³/mol. The van der Waals surface area contributed by atoms with Crippen LogP contribution in [0.2, 0.25) is 0 Å². The predicted octanol–water partition coefficient (Wildman–Crippen LogP) is 3.60. The SMILES string of the molecule is CCCCN(CC)S(=O)(=O)c1ccc(C(=O)Nc2sc3c(c2C(=O)NC(=O)OCC)CCN(C(C)=O)C3)cc1. The minimum Gasteiger partial charge on any atom is -0.450 e. The average Bonchev–Trinajstić information content (AvgIpc) is 3.26. The van der Waals surface area contributed by atoms with Crippen LogP contribution in [0.5, 0.6) is 0 Å². The van der Waals surface area contributed by atoms with Crippen LogP contribution < -0.4 is 10.6 Å². The van der Waals surface area contributed by atoms with Crippen LogP contribution in [-0.4, -0.2) is 67.7 Å². The quantitative estimate of drug-likeness (QED) is 0.439. The average molecular weight is 579 g/mol. The molecular weight excluding hydrogens is 544 g/mol. The normalized spacial score (nSPS) is 13.1. The molecule has 0 radical (unpaired) electrons. The van der Waals surface area contributed by atoms with Crippen molar-refractivity contribution in [1.82, 2.24) is 14.5 Å². The van der Waals surface area contributed by atoms with Gasteiger partial charge in [0.15, 0.2) is 0 Å². The first kappa shape index (κ1) is 30.3. The fourth-order valence-corrected chi connectivity index (χ4v) is 6.95. The van der Waals surface area contributed by atoms with E-state index in [0.717, 1.165) is 29.1 Å². The van der Waals surface area contributed by atoms with Gasteiger partial charge in [0.2, 0.25) is 15.9 Å². The second-order valence-corrected chi connectivity index (χ2v) is 11.9. The molecule has 39 heavy (non-hydrogen) atoms. The van der Waals surface area contributed by atoms with Crippen LogP contribution in [0.1, 0.15) is 71.7 Å². The molecule has 1 aromatic carbocycles. The third-order valence-corrected chi connectivity index (χ3v) is 9.44. The second kappa shape index (κ2) is 13.2. The van der Waals surface area contributed by atoms with E-state index >= 15 is 0 Å². The van der Waals surface area contributed by atoms with Crippen molar-refractivity contribution in [1.29, 1.82) is 0 Å². The number of anilines is 1. The van der Waals surface area contributed by atoms with Crippen LogP contribution >= 0.6 is 11.3 Å². The lowest BCUT2D eigenvalue weighted by molar-refractivity contribution is -0.129. The Hall–Kier alpha value is -3.29. The number of amides is 4. The highest BCUT2D eigenvalue weighted by molar-refractivity contribution is 7.89. The maximum atomic E-state index is 13.1. The number of alkyl carbamates (subject to hydrolysis) is 1. The molecule has 0 unspecified atom stereocenters. The van der Waals surface area contributed by atoms with Gasteiger partial charge in [0.05, 0.1) is 23.6 Å². The standard InChI is InChI=1S/C26H34N4O7S2/c1-5-8-14-30(6-2)39(35,36)19-11-9-18(10-12-19)23(32)27-25-22(24(33)28-26(34)37-7-3)20-13-15-29(17(4)31)16-21(20)38-25/h9-12H,5-8,13-16H2,1-4H3,(H,27,32)(H,28,33,34). The third-order valence-electron chi connectivity index (χ3n) is 6.32. The van der Waals surface area contributed by atoms with Gasteiger partial charge in [-0.15, -0.1) is 11.3 Å². The van der Waals surface area contributed by atoms with E-state index in [4.69, 9.17) is 4.74 Å². The van der Waals surface area contributed by atoms with Crippen LogP contribution in [0, 0.1) is 0 Å². The van der Waals surface area contributed by atoms with Gasteiger partial charge >= 0.3 is 6.09 Å². The van der Waals surface area contributed by atoms with Crippen LogP contribution in [0.4, 0.5) is 9.80 Å². The lowest BCUT2D eigenvalue weighted by Gasteiger charge is -2.26. The smallest absolute Gasteiger partial charge is 0.414 e. The van der Waals surface area contributed by atoms with Crippen molar-refractivity contribution in [2.24, 2.45) is 0 Å². The summed E-state index contributed by atoms with van der Waals surface area (Å²) in [5.41, 5.74) is 0.995. The fraction of sp³-hybridized carbons (Fsp3) is 0.462. The van der Waals surface area contributed by atoms with Crippen molar-refractivity contribution in [3.05, 3.63) is 45.8 Å². The third kappa shape index (κ3) is 7.02. The van der Waals surface area contributed by atoms with Crippen molar-refractivity contribution in [3.63, 3.8) is 0 Å². The molecule has 0 spiro atoms. The first-order valence-corrected chi connectivity index (χ1v) is 15.1. The molecule has 2 heterocycles. The number of carbonyl (C=O) groups excluding carboxylic acids is 4. The first-order valence-electron chi connectivity index (χ1n) is 12.8. The Morgan fingerprint density at radius 1 is 1.08 bits per heavy atom. The number of benzene rings is 1. The highest BCUT2D eigenvalue weighted by atomic mass is 32.2. The van der Waals surface area contributed by atoms with Crippen molar-refractivity contribution in [2.45, 2.75) is 58.4 Å². The summed E-state index contributed by atoms with van der Waals surface area (Å²) in [6, 6.07) is 5.60. The molecule has 2 N–H and O–H groups in total. The molecule has 0 saturated carbocycles. The van der Waals surface area contributed by atoms with Gasteiger partial charge < -0.3 is 15.0 Å². The zero-order valence-electron chi connectivity index (χ0n) is 22.5. The number of imide groups is 1. The van der Waals surface area contributed by atoms with Crippen LogP contribution in [0.25, 0.3) is 0 Å². The second-order valence-electron chi connectivity index (χ2n) is 8.90. The van der Waals surface area contributed by atoms with Gasteiger partial charge in [-0.05, 0) is 49.6 Å². The van der Waals surface area contributed by atoms with E-state index in [1.807, 2.05) is 6.92 Å². The molecule has 13 heteroatoms. The van der Waals surface area contributed by atoms with E-state index < -0.39 is 27.9 Å². The first-order chi connectivity index (χ1) is 18.5. The topological polar surface area (TPSA) is 142 Å². The minimum atomic E-state index is -3.70. The van der Waals surface area contributed by atoms with E-state index in [0.29, 0.717) is 31.6 Å². The van der Waals surface area contributed by atoms with Crippen molar-refractivity contribution >= 4 is 50.2 Å². The molecule has 1 aromatic heterocycles. The number of hydrogen-bond donors (Lipinski definition) is 2. The Bertz CT molecular complexity index is 1340. The van der Waals surface area contributed by atoms with E-state index in [-0.39, 0.29) is 40.1 Å². The molecule has 0 aliphatic carbocycles. The lowest BCUT2D eigenvalue weighted by Crippen LogP contribution is -2.35. The summed E-state index contributed by atoms with van der Waals surface area (Å²) in [5.74, 6) is -1.38. The van der Waals surface area contributed by atoms with Crippen molar-refractivity contribution < 1.29 is 32.3 Å². The molecule has 0 bridgehead atoms. The number of ether oxygens (including phenoxy) is 1. The maximum Gasteiger partial charge on any atom is 0.414 e. The number of rotatable bonds is 10. The number of carbonyl (C=O) groups is 4. The number of nitrogens with zero attached hydrogens (tertiary/aromatic N) is 2. The van der Waals surface area contributed by atoms with Crippen LogP contribution in [0.3, 0.4) is 0 Å². The van der Waals surface area contributed by atoms with E-state index in [2.05, 4.69) is 10.6 Å². The lowest BCUT2D eigenvalue weighted by atomic mass is 10.0. The van der Waals surface area contributed by atoms with Gasteiger partial charge in [-0.2, -0.15) is 4.31 Å². The Morgan fingerprint density at radius 2 is 1.77 bits per heavy atom. The molecule has 1 aliphatic rings. The molecule has 212 valence electrons. The highest BCUT2D eigenvalue weighted by Gasteiger charge is 2.31. The van der Waals surface area contributed by atoms with Gasteiger partial charge in [0, 0.05) is 37.0 Å². The number of unbranched alkanes of at least 4 members (excludes halogenated alkanes) is 1. The summed E-state index contributed by atoms with van der Waals surface area (Å²) < 4.78 is 32.2. The van der Waals surface area contributed by atoms with Gasteiger partial charge in [0.25, 0.3) is 11.8 Å². The van der Waals surface area contributed by atoms with Crippen molar-refractivity contribution in [2.75, 3.05) is 31.6 Å². The molecule has 0 fully saturated rings. The summed E-state index contributed by atoms with van der Waals surface area (Å²) in [5, 5.41) is 5.14. The molecule has 2 aromatic rings. The van der Waals surface area contributed by atoms with E-state index in [1.165, 1.54) is 35.5 Å². The van der Waals surface area contributed by atoms with Crippen LogP contribution in [0.15, 0.2) is 29.2 Å². The number of thiophene rings is 1. The highest BCUT2D eigenvalue weighted by Crippen LogP contribution is 2.37. The summed E-state index contributed by atoms with van der Waals surface area (Å²) in [4.78, 5) is 52.4. The number of nitrogens with one attached hydrogen (secondary N) is 2. The van der Waals surface area contributed by atoms with Gasteiger partial charge in [0.1, 0.15) is 5.00 Å². The Labute approximate surface area is 232 Å². The minimum absolute atomic E-state index is 0.0817. The van der Waals surface area contributed by atoms with E-state index in [1.54, 1.807) is 18.7 Å². The number of fused-ring (bicyclic) bond motifs is 1. The summed E-state index contributed by atoms with van der Waals surface area (Å²) in [6.07, 6.45) is 1.09. The van der Waals surface area contributed by atoms with Gasteiger partial charge in [-0.1, -0.05) is 20.3 Å². The molecule has 0 saturated heterocycles. The Morgan fingerprint density at radius 3 is 2.36 bits per heavy atom. The van der Waals surface area contributed by atoms with Gasteiger partial charge in [-0.25, -0.2) is 13.2 Å². The van der Waals surface area contributed by atoms with Crippen LogP contribution in [-0.2, 0) is 32.5 Å². The molecule has 4 amide bonds.